The largest absolute Gasteiger partial charge is 0.394 e. The van der Waals surface area contributed by atoms with Gasteiger partial charge in [-0.05, 0) is 5.56 Å². The molecule has 26 heavy (non-hydrogen) atoms. The molecule has 4 N–H and O–H groups in total. The Hall–Kier alpha value is -2.59. The molecular formula is C17H19N5O4. The van der Waals surface area contributed by atoms with Crippen LogP contribution >= 0.6 is 0 Å². The Morgan fingerprint density at radius 3 is 2.77 bits per heavy atom. The number of benzene rings is 1. The third-order valence-corrected chi connectivity index (χ3v) is 4.44. The van der Waals surface area contributed by atoms with E-state index >= 15 is 0 Å². The van der Waals surface area contributed by atoms with Crippen LogP contribution in [0.3, 0.4) is 0 Å². The molecule has 136 valence electrons. The Morgan fingerprint density at radius 1 is 1.19 bits per heavy atom. The molecule has 4 rings (SSSR count). The van der Waals surface area contributed by atoms with E-state index in [4.69, 9.17) is 15.2 Å². The lowest BCUT2D eigenvalue weighted by Crippen LogP contribution is -2.35. The van der Waals surface area contributed by atoms with Crippen LogP contribution in [-0.2, 0) is 16.1 Å². The summed E-state index contributed by atoms with van der Waals surface area (Å²) in [5.41, 5.74) is 7.71. The number of hydrogen-bond acceptors (Lipinski definition) is 8. The van der Waals surface area contributed by atoms with Crippen LogP contribution in [0.2, 0.25) is 0 Å². The van der Waals surface area contributed by atoms with Crippen molar-refractivity contribution >= 4 is 17.0 Å². The van der Waals surface area contributed by atoms with E-state index in [0.29, 0.717) is 17.8 Å². The van der Waals surface area contributed by atoms with E-state index in [2.05, 4.69) is 15.0 Å². The summed E-state index contributed by atoms with van der Waals surface area (Å²) in [6.45, 7) is -0.0308. The molecule has 4 atom stereocenters. The van der Waals surface area contributed by atoms with E-state index in [1.807, 2.05) is 30.3 Å². The number of nitrogens with zero attached hydrogens (tertiary/aromatic N) is 4. The molecule has 9 nitrogen and oxygen atoms in total. The molecule has 3 aromatic rings. The number of imidazole rings is 1. The second kappa shape index (κ2) is 6.96. The highest BCUT2D eigenvalue weighted by Gasteiger charge is 2.45. The fourth-order valence-electron chi connectivity index (χ4n) is 3.10. The second-order valence-electron chi connectivity index (χ2n) is 6.08. The SMILES string of the molecule is Nc1ncnc2c1ncn2[C@@H]1O[C@H](CO)C(O)C1OCc1ccccc1. The minimum Gasteiger partial charge on any atom is -0.394 e. The highest BCUT2D eigenvalue weighted by atomic mass is 16.6. The lowest BCUT2D eigenvalue weighted by Gasteiger charge is -2.22. The number of hydrogen-bond donors (Lipinski definition) is 3. The normalized spacial score (nSPS) is 25.8. The van der Waals surface area contributed by atoms with E-state index in [9.17, 15) is 10.2 Å². The number of nitrogen functional groups attached to an aromatic ring is 1. The monoisotopic (exact) mass is 357 g/mol. The molecule has 0 bridgehead atoms. The van der Waals surface area contributed by atoms with Gasteiger partial charge < -0.3 is 25.4 Å². The first kappa shape index (κ1) is 16.9. The molecule has 2 unspecified atom stereocenters. The van der Waals surface area contributed by atoms with Crippen LogP contribution in [0.5, 0.6) is 0 Å². The van der Waals surface area contributed by atoms with Crippen LogP contribution in [-0.4, -0.2) is 54.7 Å². The zero-order chi connectivity index (χ0) is 18.1. The van der Waals surface area contributed by atoms with Crippen molar-refractivity contribution in [1.82, 2.24) is 19.5 Å². The number of nitrogens with two attached hydrogens (primary N) is 1. The van der Waals surface area contributed by atoms with Gasteiger partial charge in [0.1, 0.15) is 30.2 Å². The number of aliphatic hydroxyl groups is 2. The summed E-state index contributed by atoms with van der Waals surface area (Å²) < 4.78 is 13.4. The molecule has 3 heterocycles. The summed E-state index contributed by atoms with van der Waals surface area (Å²) in [5, 5.41) is 20.0. The van der Waals surface area contributed by atoms with E-state index in [1.165, 1.54) is 12.7 Å². The average molecular weight is 357 g/mol. The van der Waals surface area contributed by atoms with E-state index in [0.717, 1.165) is 5.56 Å². The standard InChI is InChI=1S/C17H19N5O4/c18-15-12-16(20-8-19-15)22(9-21-12)17-14(13(24)11(6-23)26-17)25-7-10-4-2-1-3-5-10/h1-5,8-9,11,13-14,17,23-24H,6-7H2,(H2,18,19,20)/t11-,13?,14?,17-/m1/s1. The Bertz CT molecular complexity index is 887. The van der Waals surface area contributed by atoms with Gasteiger partial charge in [0.15, 0.2) is 17.7 Å². The molecule has 1 saturated heterocycles. The van der Waals surface area contributed by atoms with Crippen molar-refractivity contribution in [3.05, 3.63) is 48.5 Å². The Labute approximate surface area is 149 Å². The molecule has 0 saturated carbocycles. The summed E-state index contributed by atoms with van der Waals surface area (Å²) in [6.07, 6.45) is -0.315. The predicted molar refractivity (Wildman–Crippen MR) is 91.8 cm³/mol. The first-order valence-corrected chi connectivity index (χ1v) is 8.22. The third-order valence-electron chi connectivity index (χ3n) is 4.44. The maximum atomic E-state index is 10.5. The maximum Gasteiger partial charge on any atom is 0.167 e. The highest BCUT2D eigenvalue weighted by molar-refractivity contribution is 5.81. The fourth-order valence-corrected chi connectivity index (χ4v) is 3.10. The molecule has 0 aliphatic carbocycles. The molecule has 2 aromatic heterocycles. The van der Waals surface area contributed by atoms with Gasteiger partial charge in [-0.1, -0.05) is 30.3 Å². The molecule has 1 aliphatic rings. The van der Waals surface area contributed by atoms with Crippen LogP contribution in [0.1, 0.15) is 11.8 Å². The number of ether oxygens (including phenoxy) is 2. The second-order valence-corrected chi connectivity index (χ2v) is 6.08. The summed E-state index contributed by atoms with van der Waals surface area (Å²) in [4.78, 5) is 12.3. The molecule has 0 radical (unpaired) electrons. The van der Waals surface area contributed by atoms with Gasteiger partial charge >= 0.3 is 0 Å². The molecule has 1 fully saturated rings. The van der Waals surface area contributed by atoms with Crippen LogP contribution in [0.4, 0.5) is 5.82 Å². The Balaban J connectivity index is 1.64. The van der Waals surface area contributed by atoms with Crippen molar-refractivity contribution in [3.63, 3.8) is 0 Å². The fraction of sp³-hybridized carbons (Fsp3) is 0.353. The molecule has 9 heteroatoms. The van der Waals surface area contributed by atoms with E-state index < -0.39 is 24.5 Å². The summed E-state index contributed by atoms with van der Waals surface area (Å²) in [7, 11) is 0. The number of fused-ring (bicyclic) bond motifs is 1. The van der Waals surface area contributed by atoms with Gasteiger partial charge in [-0.3, -0.25) is 4.57 Å². The minimum atomic E-state index is -0.995. The average Bonchev–Trinajstić information content (AvgIpc) is 3.23. The van der Waals surface area contributed by atoms with E-state index in [1.54, 1.807) is 4.57 Å². The Morgan fingerprint density at radius 2 is 2.00 bits per heavy atom. The minimum absolute atomic E-state index is 0.257. The van der Waals surface area contributed by atoms with E-state index in [-0.39, 0.29) is 12.4 Å². The number of anilines is 1. The smallest absolute Gasteiger partial charge is 0.167 e. The zero-order valence-electron chi connectivity index (χ0n) is 13.8. The molecular weight excluding hydrogens is 338 g/mol. The van der Waals surface area contributed by atoms with Gasteiger partial charge in [-0.2, -0.15) is 0 Å². The molecule has 1 aliphatic heterocycles. The van der Waals surface area contributed by atoms with Crippen molar-refractivity contribution in [1.29, 1.82) is 0 Å². The van der Waals surface area contributed by atoms with Crippen molar-refractivity contribution in [3.8, 4) is 0 Å². The van der Waals surface area contributed by atoms with Crippen LogP contribution in [0, 0.1) is 0 Å². The third kappa shape index (κ3) is 2.90. The van der Waals surface area contributed by atoms with Crippen molar-refractivity contribution < 1.29 is 19.7 Å². The van der Waals surface area contributed by atoms with Gasteiger partial charge in [-0.15, -0.1) is 0 Å². The van der Waals surface area contributed by atoms with Gasteiger partial charge in [0, 0.05) is 0 Å². The number of rotatable bonds is 5. The first-order chi connectivity index (χ1) is 12.7. The van der Waals surface area contributed by atoms with Crippen LogP contribution in [0.25, 0.3) is 11.2 Å². The lowest BCUT2D eigenvalue weighted by molar-refractivity contribution is -0.0761. The first-order valence-electron chi connectivity index (χ1n) is 8.22. The van der Waals surface area contributed by atoms with Crippen molar-refractivity contribution in [2.45, 2.75) is 31.1 Å². The Kier molecular flexibility index (Phi) is 4.51. The predicted octanol–water partition coefficient (Wildman–Crippen LogP) is 0.244. The van der Waals surface area contributed by atoms with Crippen LogP contribution < -0.4 is 5.73 Å². The maximum absolute atomic E-state index is 10.5. The quantitative estimate of drug-likeness (QED) is 0.592. The summed E-state index contributed by atoms with van der Waals surface area (Å²) >= 11 is 0. The van der Waals surface area contributed by atoms with Crippen LogP contribution in [0.15, 0.2) is 43.0 Å². The summed E-state index contributed by atoms with van der Waals surface area (Å²) in [5.74, 6) is 0.257. The van der Waals surface area contributed by atoms with Crippen molar-refractivity contribution in [2.24, 2.45) is 0 Å². The zero-order valence-corrected chi connectivity index (χ0v) is 13.8. The molecule has 1 aromatic carbocycles. The summed E-state index contributed by atoms with van der Waals surface area (Å²) in [6, 6.07) is 9.61. The highest BCUT2D eigenvalue weighted by Crippen LogP contribution is 2.34. The van der Waals surface area contributed by atoms with Gasteiger partial charge in [-0.25, -0.2) is 15.0 Å². The number of aromatic nitrogens is 4. The van der Waals surface area contributed by atoms with Gasteiger partial charge in [0.05, 0.1) is 19.5 Å². The molecule has 0 amide bonds. The van der Waals surface area contributed by atoms with Gasteiger partial charge in [0.2, 0.25) is 0 Å². The molecule has 0 spiro atoms. The topological polar surface area (TPSA) is 129 Å². The van der Waals surface area contributed by atoms with Gasteiger partial charge in [0.25, 0.3) is 0 Å². The lowest BCUT2D eigenvalue weighted by atomic mass is 10.1. The number of aliphatic hydroxyl groups excluding tert-OH is 2. The van der Waals surface area contributed by atoms with Crippen molar-refractivity contribution in [2.75, 3.05) is 12.3 Å².